The molecule has 29 heavy (non-hydrogen) atoms. The van der Waals surface area contributed by atoms with Gasteiger partial charge in [-0.05, 0) is 48.2 Å². The highest BCUT2D eigenvalue weighted by molar-refractivity contribution is 5.79. The van der Waals surface area contributed by atoms with Crippen LogP contribution < -0.4 is 10.6 Å². The molecule has 0 radical (unpaired) electrons. The predicted octanol–water partition coefficient (Wildman–Crippen LogP) is 3.55. The molecule has 2 aromatic carbocycles. The molecule has 0 spiro atoms. The third-order valence-corrected chi connectivity index (χ3v) is 5.36. The molecule has 0 aliphatic heterocycles. The van der Waals surface area contributed by atoms with Crippen molar-refractivity contribution >= 4 is 5.96 Å². The molecule has 1 saturated carbocycles. The van der Waals surface area contributed by atoms with E-state index in [1.54, 1.807) is 48.5 Å². The maximum Gasteiger partial charge on any atom is 0.191 e. The number of halogens is 2. The highest BCUT2D eigenvalue weighted by Gasteiger charge is 2.44. The van der Waals surface area contributed by atoms with E-state index in [9.17, 15) is 8.78 Å². The van der Waals surface area contributed by atoms with E-state index < -0.39 is 0 Å². The van der Waals surface area contributed by atoms with Gasteiger partial charge >= 0.3 is 0 Å². The van der Waals surface area contributed by atoms with Gasteiger partial charge in [0.05, 0.1) is 12.0 Å². The van der Waals surface area contributed by atoms with Crippen LogP contribution in [-0.4, -0.2) is 29.1 Å². The Morgan fingerprint density at radius 1 is 1.17 bits per heavy atom. The molecule has 0 atom stereocenters. The topological polar surface area (TPSA) is 54.2 Å². The first-order chi connectivity index (χ1) is 14.1. The summed E-state index contributed by atoms with van der Waals surface area (Å²) >= 11 is 0. The molecule has 1 fully saturated rings. The van der Waals surface area contributed by atoms with Crippen LogP contribution in [0.2, 0.25) is 0 Å². The summed E-state index contributed by atoms with van der Waals surface area (Å²) in [7, 11) is 1.69. The fourth-order valence-corrected chi connectivity index (χ4v) is 3.47. The molecule has 7 heteroatoms. The van der Waals surface area contributed by atoms with Gasteiger partial charge in [0.2, 0.25) is 0 Å². The summed E-state index contributed by atoms with van der Waals surface area (Å²) in [6.45, 7) is 1.11. The number of aliphatic imine (C=N–C) groups is 1. The van der Waals surface area contributed by atoms with Gasteiger partial charge in [-0.1, -0.05) is 18.2 Å². The lowest BCUT2D eigenvalue weighted by Gasteiger charge is -2.19. The van der Waals surface area contributed by atoms with E-state index in [1.807, 2.05) is 12.1 Å². The Labute approximate surface area is 168 Å². The van der Waals surface area contributed by atoms with Gasteiger partial charge in [-0.25, -0.2) is 13.8 Å². The second-order valence-electron chi connectivity index (χ2n) is 7.33. The zero-order chi connectivity index (χ0) is 20.3. The van der Waals surface area contributed by atoms with E-state index >= 15 is 0 Å². The van der Waals surface area contributed by atoms with Crippen molar-refractivity contribution in [1.82, 2.24) is 20.2 Å². The summed E-state index contributed by atoms with van der Waals surface area (Å²) in [4.78, 5) is 8.18. The Hall–Kier alpha value is -3.22. The lowest BCUT2D eigenvalue weighted by molar-refractivity contribution is 0.606. The van der Waals surface area contributed by atoms with E-state index in [0.29, 0.717) is 24.7 Å². The molecule has 5 nitrogen and oxygen atoms in total. The molecule has 150 valence electrons. The third-order valence-electron chi connectivity index (χ3n) is 5.36. The summed E-state index contributed by atoms with van der Waals surface area (Å²) in [5.41, 5.74) is 2.23. The first-order valence-electron chi connectivity index (χ1n) is 9.57. The van der Waals surface area contributed by atoms with Crippen LogP contribution in [0.3, 0.4) is 0 Å². The van der Waals surface area contributed by atoms with Gasteiger partial charge in [0.25, 0.3) is 0 Å². The van der Waals surface area contributed by atoms with Gasteiger partial charge in [0.15, 0.2) is 5.96 Å². The van der Waals surface area contributed by atoms with Crippen LogP contribution in [0.4, 0.5) is 8.78 Å². The largest absolute Gasteiger partial charge is 0.356 e. The van der Waals surface area contributed by atoms with E-state index in [0.717, 1.165) is 24.0 Å². The van der Waals surface area contributed by atoms with Crippen molar-refractivity contribution < 1.29 is 8.78 Å². The van der Waals surface area contributed by atoms with Crippen molar-refractivity contribution in [2.75, 3.05) is 13.6 Å². The van der Waals surface area contributed by atoms with Crippen LogP contribution in [0.25, 0.3) is 5.69 Å². The maximum atomic E-state index is 14.4. The van der Waals surface area contributed by atoms with Crippen molar-refractivity contribution in [1.29, 1.82) is 0 Å². The molecule has 1 aliphatic rings. The van der Waals surface area contributed by atoms with Gasteiger partial charge in [0.1, 0.15) is 11.6 Å². The van der Waals surface area contributed by atoms with Crippen LogP contribution in [0.15, 0.2) is 66.2 Å². The Morgan fingerprint density at radius 3 is 2.69 bits per heavy atom. The fraction of sp³-hybridized carbons (Fsp3) is 0.273. The Morgan fingerprint density at radius 2 is 2.03 bits per heavy atom. The highest BCUT2D eigenvalue weighted by Crippen LogP contribution is 2.47. The first kappa shape index (κ1) is 19.1. The van der Waals surface area contributed by atoms with Crippen molar-refractivity contribution in [2.45, 2.75) is 24.8 Å². The fourth-order valence-electron chi connectivity index (χ4n) is 3.47. The van der Waals surface area contributed by atoms with Crippen molar-refractivity contribution in [3.05, 3.63) is 83.9 Å². The number of nitrogens with zero attached hydrogens (tertiary/aromatic N) is 3. The lowest BCUT2D eigenvalue weighted by Crippen LogP contribution is -2.40. The molecular weight excluding hydrogens is 372 g/mol. The maximum absolute atomic E-state index is 14.4. The number of guanidine groups is 1. The van der Waals surface area contributed by atoms with Crippen molar-refractivity contribution in [3.8, 4) is 5.69 Å². The summed E-state index contributed by atoms with van der Waals surface area (Å²) in [6, 6.07) is 11.9. The minimum atomic E-state index is -0.312. The minimum Gasteiger partial charge on any atom is -0.356 e. The molecular formula is C22H23F2N5. The highest BCUT2D eigenvalue weighted by atomic mass is 19.1. The number of imidazole rings is 1. The molecule has 2 N–H and O–H groups in total. The molecule has 0 saturated heterocycles. The SMILES string of the molecule is CN=C(NCc1ccc(-n2ccnc2)c(F)c1)NCC1(c2cccc(F)c2)CC1. The van der Waals surface area contributed by atoms with Crippen molar-refractivity contribution in [2.24, 2.45) is 4.99 Å². The number of aromatic nitrogens is 2. The average Bonchev–Trinajstić information content (AvgIpc) is 3.32. The summed E-state index contributed by atoms with van der Waals surface area (Å²) in [5.74, 6) is 0.109. The molecule has 4 rings (SSSR count). The molecule has 0 bridgehead atoms. The molecule has 1 heterocycles. The van der Waals surface area contributed by atoms with Crippen LogP contribution in [0.1, 0.15) is 24.0 Å². The molecule has 0 unspecified atom stereocenters. The lowest BCUT2D eigenvalue weighted by atomic mass is 9.96. The quantitative estimate of drug-likeness (QED) is 0.496. The minimum absolute atomic E-state index is 0.0434. The van der Waals surface area contributed by atoms with Crippen LogP contribution >= 0.6 is 0 Å². The third kappa shape index (κ3) is 4.29. The molecule has 1 aromatic heterocycles. The standard InChI is InChI=1S/C22H23F2N5/c1-25-21(28-14-22(7-8-22)17-3-2-4-18(23)12-17)27-13-16-5-6-20(19(24)11-16)29-10-9-26-15-29/h2-6,9-12,15H,7-8,13-14H2,1H3,(H2,25,27,28). The van der Waals surface area contributed by atoms with Gasteiger partial charge in [-0.2, -0.15) is 0 Å². The van der Waals surface area contributed by atoms with E-state index in [1.165, 1.54) is 12.1 Å². The number of benzene rings is 2. The monoisotopic (exact) mass is 395 g/mol. The Bertz CT molecular complexity index is 1010. The van der Waals surface area contributed by atoms with E-state index in [2.05, 4.69) is 20.6 Å². The summed E-state index contributed by atoms with van der Waals surface area (Å²) in [5, 5.41) is 6.53. The van der Waals surface area contributed by atoms with E-state index in [-0.39, 0.29) is 17.0 Å². The Kier molecular flexibility index (Phi) is 5.29. The predicted molar refractivity (Wildman–Crippen MR) is 109 cm³/mol. The zero-order valence-corrected chi connectivity index (χ0v) is 16.2. The number of nitrogens with one attached hydrogen (secondary N) is 2. The Balaban J connectivity index is 1.35. The second kappa shape index (κ2) is 8.03. The molecule has 1 aliphatic carbocycles. The summed E-state index contributed by atoms with van der Waals surface area (Å²) < 4.78 is 29.6. The molecule has 3 aromatic rings. The van der Waals surface area contributed by atoms with Crippen molar-refractivity contribution in [3.63, 3.8) is 0 Å². The van der Waals surface area contributed by atoms with E-state index in [4.69, 9.17) is 0 Å². The second-order valence-corrected chi connectivity index (χ2v) is 7.33. The zero-order valence-electron chi connectivity index (χ0n) is 16.2. The average molecular weight is 395 g/mol. The summed E-state index contributed by atoms with van der Waals surface area (Å²) in [6.07, 6.45) is 6.91. The normalized spacial score (nSPS) is 15.2. The number of rotatable bonds is 6. The van der Waals surface area contributed by atoms with Gasteiger partial charge in [-0.15, -0.1) is 0 Å². The van der Waals surface area contributed by atoms with Gasteiger partial charge < -0.3 is 15.2 Å². The first-order valence-corrected chi connectivity index (χ1v) is 9.57. The van der Waals surface area contributed by atoms with Crippen LogP contribution in [0, 0.1) is 11.6 Å². The van der Waals surface area contributed by atoms with Crippen LogP contribution in [0.5, 0.6) is 0 Å². The van der Waals surface area contributed by atoms with Gasteiger partial charge in [-0.3, -0.25) is 4.99 Å². The molecule has 0 amide bonds. The number of hydrogen-bond donors (Lipinski definition) is 2. The van der Waals surface area contributed by atoms with Crippen LogP contribution in [-0.2, 0) is 12.0 Å². The smallest absolute Gasteiger partial charge is 0.191 e. The van der Waals surface area contributed by atoms with Gasteiger partial charge in [0, 0.05) is 37.9 Å². The number of hydrogen-bond acceptors (Lipinski definition) is 2.